The molecule has 2 heteroatoms. The maximum Gasteiger partial charge on any atom is 0.0157 e. The second kappa shape index (κ2) is 2.21. The topological polar surface area (TPSA) is 6.48 Å². The van der Waals surface area contributed by atoms with Crippen molar-refractivity contribution in [3.63, 3.8) is 0 Å². The zero-order valence-corrected chi connectivity index (χ0v) is 6.88. The molecular formula is C8H16N2. The number of hydrogen-bond acceptors (Lipinski definition) is 2. The van der Waals surface area contributed by atoms with Gasteiger partial charge in [-0.05, 0) is 33.0 Å². The van der Waals surface area contributed by atoms with Gasteiger partial charge in [-0.3, -0.25) is 0 Å². The third kappa shape index (κ3) is 0.867. The summed E-state index contributed by atoms with van der Waals surface area (Å²) in [5.41, 5.74) is 0. The highest BCUT2D eigenvalue weighted by Gasteiger charge is 2.38. The van der Waals surface area contributed by atoms with Crippen LogP contribution in [0.2, 0.25) is 0 Å². The van der Waals surface area contributed by atoms with Crippen molar-refractivity contribution in [1.29, 1.82) is 0 Å². The molecule has 2 aliphatic rings. The van der Waals surface area contributed by atoms with Crippen LogP contribution in [-0.2, 0) is 0 Å². The Balaban J connectivity index is 1.93. The van der Waals surface area contributed by atoms with E-state index in [1.807, 2.05) is 0 Å². The summed E-state index contributed by atoms with van der Waals surface area (Å²) in [4.78, 5) is 4.94. The van der Waals surface area contributed by atoms with Crippen LogP contribution in [0.5, 0.6) is 0 Å². The lowest BCUT2D eigenvalue weighted by Gasteiger charge is -2.51. The summed E-state index contributed by atoms with van der Waals surface area (Å²) in [7, 11) is 4.47. The second-order valence-electron chi connectivity index (χ2n) is 3.82. The first-order valence-electron chi connectivity index (χ1n) is 4.16. The van der Waals surface area contributed by atoms with E-state index in [0.717, 1.165) is 12.0 Å². The SMILES string of the molecule is CN1CCC2C(C1)CN2C. The molecule has 0 aliphatic carbocycles. The highest BCUT2D eigenvalue weighted by atomic mass is 15.2. The molecule has 0 radical (unpaired) electrons. The summed E-state index contributed by atoms with van der Waals surface area (Å²) in [5, 5.41) is 0. The molecule has 0 aromatic heterocycles. The molecule has 0 N–H and O–H groups in total. The molecule has 0 spiro atoms. The predicted octanol–water partition coefficient (Wildman–Crippen LogP) is 0.252. The maximum atomic E-state index is 2.48. The molecule has 2 nitrogen and oxygen atoms in total. The fourth-order valence-electron chi connectivity index (χ4n) is 2.33. The van der Waals surface area contributed by atoms with Crippen LogP contribution in [0, 0.1) is 5.92 Å². The summed E-state index contributed by atoms with van der Waals surface area (Å²) in [6, 6.07) is 0.927. The van der Waals surface area contributed by atoms with E-state index in [1.54, 1.807) is 0 Å². The van der Waals surface area contributed by atoms with Gasteiger partial charge in [-0.25, -0.2) is 0 Å². The molecule has 0 amide bonds. The minimum Gasteiger partial charge on any atom is -0.306 e. The van der Waals surface area contributed by atoms with Gasteiger partial charge in [0.2, 0.25) is 0 Å². The number of rotatable bonds is 0. The van der Waals surface area contributed by atoms with Crippen molar-refractivity contribution in [1.82, 2.24) is 9.80 Å². The van der Waals surface area contributed by atoms with Crippen LogP contribution in [0.3, 0.4) is 0 Å². The Bertz CT molecular complexity index is 133. The van der Waals surface area contributed by atoms with Crippen LogP contribution >= 0.6 is 0 Å². The molecular weight excluding hydrogens is 124 g/mol. The summed E-state index contributed by atoms with van der Waals surface area (Å²) in [6.45, 7) is 3.95. The Hall–Kier alpha value is -0.0800. The molecule has 2 saturated heterocycles. The van der Waals surface area contributed by atoms with Gasteiger partial charge >= 0.3 is 0 Å². The van der Waals surface area contributed by atoms with Gasteiger partial charge < -0.3 is 9.80 Å². The van der Waals surface area contributed by atoms with Crippen LogP contribution < -0.4 is 0 Å². The molecule has 0 saturated carbocycles. The van der Waals surface area contributed by atoms with Crippen molar-refractivity contribution in [3.05, 3.63) is 0 Å². The average Bonchev–Trinajstić information content (AvgIpc) is 1.86. The molecule has 0 aromatic carbocycles. The molecule has 2 heterocycles. The predicted molar refractivity (Wildman–Crippen MR) is 42.0 cm³/mol. The first-order chi connectivity index (χ1) is 4.77. The highest BCUT2D eigenvalue weighted by Crippen LogP contribution is 2.29. The fraction of sp³-hybridized carbons (Fsp3) is 1.00. The Morgan fingerprint density at radius 3 is 2.60 bits per heavy atom. The maximum absolute atomic E-state index is 2.48. The van der Waals surface area contributed by atoms with E-state index in [1.165, 1.54) is 26.1 Å². The Labute approximate surface area is 62.8 Å². The third-order valence-electron chi connectivity index (χ3n) is 2.99. The van der Waals surface area contributed by atoms with Gasteiger partial charge in [0.05, 0.1) is 0 Å². The van der Waals surface area contributed by atoms with E-state index in [9.17, 15) is 0 Å². The minimum absolute atomic E-state index is 0.927. The van der Waals surface area contributed by atoms with Crippen molar-refractivity contribution in [2.75, 3.05) is 33.7 Å². The number of nitrogens with zero attached hydrogens (tertiary/aromatic N) is 2. The first kappa shape index (κ1) is 6.62. The molecule has 0 aromatic rings. The lowest BCUT2D eigenvalue weighted by Crippen LogP contribution is -2.61. The average molecular weight is 140 g/mol. The minimum atomic E-state index is 0.927. The van der Waals surface area contributed by atoms with E-state index in [-0.39, 0.29) is 0 Å². The molecule has 2 atom stereocenters. The highest BCUT2D eigenvalue weighted by molar-refractivity contribution is 4.94. The number of hydrogen-bond donors (Lipinski definition) is 0. The lowest BCUT2D eigenvalue weighted by atomic mass is 9.83. The van der Waals surface area contributed by atoms with Crippen molar-refractivity contribution < 1.29 is 0 Å². The summed E-state index contributed by atoms with van der Waals surface area (Å²) >= 11 is 0. The van der Waals surface area contributed by atoms with Crippen molar-refractivity contribution in [3.8, 4) is 0 Å². The zero-order valence-electron chi connectivity index (χ0n) is 6.88. The van der Waals surface area contributed by atoms with E-state index < -0.39 is 0 Å². The Kier molecular flexibility index (Phi) is 1.46. The number of likely N-dealkylation sites (tertiary alicyclic amines) is 2. The summed E-state index contributed by atoms with van der Waals surface area (Å²) in [5.74, 6) is 0.990. The van der Waals surface area contributed by atoms with Crippen LogP contribution in [0.15, 0.2) is 0 Å². The monoisotopic (exact) mass is 140 g/mol. The van der Waals surface area contributed by atoms with E-state index in [2.05, 4.69) is 23.9 Å². The largest absolute Gasteiger partial charge is 0.306 e. The fourth-order valence-corrected chi connectivity index (χ4v) is 2.33. The smallest absolute Gasteiger partial charge is 0.0157 e. The van der Waals surface area contributed by atoms with Crippen LogP contribution in [0.1, 0.15) is 6.42 Å². The summed E-state index contributed by atoms with van der Waals surface area (Å²) in [6.07, 6.45) is 1.39. The molecule has 58 valence electrons. The quantitative estimate of drug-likeness (QED) is 0.476. The van der Waals surface area contributed by atoms with Crippen molar-refractivity contribution >= 4 is 0 Å². The van der Waals surface area contributed by atoms with Gasteiger partial charge in [0.15, 0.2) is 0 Å². The molecule has 0 bridgehead atoms. The molecule has 2 rings (SSSR count). The second-order valence-corrected chi connectivity index (χ2v) is 3.82. The van der Waals surface area contributed by atoms with Crippen molar-refractivity contribution in [2.45, 2.75) is 12.5 Å². The van der Waals surface area contributed by atoms with Gasteiger partial charge in [-0.2, -0.15) is 0 Å². The standard InChI is InChI=1S/C8H16N2/c1-9-4-3-8-7(5-9)6-10(8)2/h7-8H,3-6H2,1-2H3. The van der Waals surface area contributed by atoms with Crippen molar-refractivity contribution in [2.24, 2.45) is 5.92 Å². The first-order valence-corrected chi connectivity index (χ1v) is 4.16. The lowest BCUT2D eigenvalue weighted by molar-refractivity contribution is -0.0178. The van der Waals surface area contributed by atoms with Crippen LogP contribution in [0.25, 0.3) is 0 Å². The Morgan fingerprint density at radius 2 is 2.00 bits per heavy atom. The zero-order chi connectivity index (χ0) is 7.14. The number of fused-ring (bicyclic) bond motifs is 1. The van der Waals surface area contributed by atoms with E-state index in [0.29, 0.717) is 0 Å². The normalized spacial score (nSPS) is 42.6. The molecule has 2 aliphatic heterocycles. The van der Waals surface area contributed by atoms with Gasteiger partial charge in [0.1, 0.15) is 0 Å². The molecule has 2 fully saturated rings. The molecule has 10 heavy (non-hydrogen) atoms. The van der Waals surface area contributed by atoms with Crippen LogP contribution in [-0.4, -0.2) is 49.6 Å². The van der Waals surface area contributed by atoms with E-state index >= 15 is 0 Å². The Morgan fingerprint density at radius 1 is 1.20 bits per heavy atom. The van der Waals surface area contributed by atoms with Gasteiger partial charge in [-0.1, -0.05) is 0 Å². The van der Waals surface area contributed by atoms with Gasteiger partial charge in [-0.15, -0.1) is 0 Å². The van der Waals surface area contributed by atoms with E-state index in [4.69, 9.17) is 0 Å². The van der Waals surface area contributed by atoms with Gasteiger partial charge in [0.25, 0.3) is 0 Å². The van der Waals surface area contributed by atoms with Crippen LogP contribution in [0.4, 0.5) is 0 Å². The number of piperidine rings is 1. The van der Waals surface area contributed by atoms with Gasteiger partial charge in [0, 0.05) is 19.1 Å². The summed E-state index contributed by atoms with van der Waals surface area (Å²) < 4.78 is 0. The molecule has 2 unspecified atom stereocenters. The third-order valence-corrected chi connectivity index (χ3v) is 2.99.